The van der Waals surface area contributed by atoms with Crippen LogP contribution < -0.4 is 5.73 Å². The highest BCUT2D eigenvalue weighted by Gasteiger charge is 2.31. The Morgan fingerprint density at radius 2 is 1.79 bits per heavy atom. The first-order valence-electron chi connectivity index (χ1n) is 5.16. The Kier molecular flexibility index (Phi) is 4.39. The molecule has 1 aromatic heterocycles. The van der Waals surface area contributed by atoms with E-state index in [9.17, 15) is 13.2 Å². The Bertz CT molecular complexity index is 595. The Labute approximate surface area is 128 Å². The van der Waals surface area contributed by atoms with Crippen LogP contribution in [0.2, 0.25) is 0 Å². The van der Waals surface area contributed by atoms with E-state index >= 15 is 0 Å². The van der Waals surface area contributed by atoms with Gasteiger partial charge in [-0.1, -0.05) is 15.9 Å². The van der Waals surface area contributed by atoms with Crippen LogP contribution in [0, 0.1) is 0 Å². The molecule has 2 rings (SSSR count). The molecule has 0 aliphatic rings. The highest BCUT2D eigenvalue weighted by Crippen LogP contribution is 2.38. The fourth-order valence-corrected chi connectivity index (χ4v) is 3.76. The van der Waals surface area contributed by atoms with Crippen LogP contribution in [0.5, 0.6) is 0 Å². The molecule has 2 aromatic rings. The predicted molar refractivity (Wildman–Crippen MR) is 77.2 cm³/mol. The summed E-state index contributed by atoms with van der Waals surface area (Å²) in [5.74, 6) is 0. The fraction of sp³-hybridized carbons (Fsp3) is 0.167. The third-order valence-electron chi connectivity index (χ3n) is 2.59. The molecular formula is C12H8Br2F3NS. The summed E-state index contributed by atoms with van der Waals surface area (Å²) in [6, 6.07) is 4.71. The second-order valence-electron chi connectivity index (χ2n) is 3.84. The molecule has 1 aromatic carbocycles. The molecule has 1 unspecified atom stereocenters. The van der Waals surface area contributed by atoms with E-state index in [2.05, 4.69) is 31.9 Å². The van der Waals surface area contributed by atoms with Crippen LogP contribution in [0.25, 0.3) is 0 Å². The van der Waals surface area contributed by atoms with E-state index in [0.717, 1.165) is 21.5 Å². The topological polar surface area (TPSA) is 26.0 Å². The van der Waals surface area contributed by atoms with Crippen LogP contribution in [0.3, 0.4) is 0 Å². The molecule has 0 bridgehead atoms. The van der Waals surface area contributed by atoms with Crippen molar-refractivity contribution >= 4 is 43.2 Å². The van der Waals surface area contributed by atoms with Crippen molar-refractivity contribution in [1.82, 2.24) is 0 Å². The zero-order chi connectivity index (χ0) is 14.2. The van der Waals surface area contributed by atoms with Crippen molar-refractivity contribution in [2.75, 3.05) is 0 Å². The Balaban J connectivity index is 2.47. The molecule has 0 spiro atoms. The average molecular weight is 415 g/mol. The number of halogens is 5. The lowest BCUT2D eigenvalue weighted by atomic mass is 10.0. The van der Waals surface area contributed by atoms with E-state index in [1.54, 1.807) is 0 Å². The lowest BCUT2D eigenvalue weighted by Crippen LogP contribution is -2.14. The van der Waals surface area contributed by atoms with Gasteiger partial charge in [-0.05, 0) is 51.1 Å². The SMILES string of the molecule is NC(c1cc(C(F)(F)F)ccc1Br)c1sccc1Br. The molecule has 0 saturated carbocycles. The molecule has 7 heteroatoms. The first-order valence-corrected chi connectivity index (χ1v) is 7.62. The summed E-state index contributed by atoms with van der Waals surface area (Å²) >= 11 is 7.99. The first kappa shape index (κ1) is 15.0. The summed E-state index contributed by atoms with van der Waals surface area (Å²) in [7, 11) is 0. The number of hydrogen-bond acceptors (Lipinski definition) is 2. The summed E-state index contributed by atoms with van der Waals surface area (Å²) in [5, 5.41) is 1.83. The molecule has 1 heterocycles. The van der Waals surface area contributed by atoms with Crippen molar-refractivity contribution in [2.24, 2.45) is 5.73 Å². The second kappa shape index (κ2) is 5.55. The maximum Gasteiger partial charge on any atom is 0.416 e. The molecule has 19 heavy (non-hydrogen) atoms. The van der Waals surface area contributed by atoms with Gasteiger partial charge in [-0.3, -0.25) is 0 Å². The molecule has 0 fully saturated rings. The lowest BCUT2D eigenvalue weighted by molar-refractivity contribution is -0.137. The normalized spacial score (nSPS) is 13.6. The number of hydrogen-bond donors (Lipinski definition) is 1. The summed E-state index contributed by atoms with van der Waals surface area (Å²) in [6.45, 7) is 0. The standard InChI is InChI=1S/C12H8Br2F3NS/c13-8-2-1-6(12(15,16)17)5-7(8)10(18)11-9(14)3-4-19-11/h1-5,10H,18H2. The third kappa shape index (κ3) is 3.21. The van der Waals surface area contributed by atoms with E-state index in [1.807, 2.05) is 11.4 Å². The molecule has 1 atom stereocenters. The zero-order valence-electron chi connectivity index (χ0n) is 9.34. The summed E-state index contributed by atoms with van der Waals surface area (Å²) in [4.78, 5) is 0.792. The van der Waals surface area contributed by atoms with Gasteiger partial charge >= 0.3 is 6.18 Å². The van der Waals surface area contributed by atoms with Crippen molar-refractivity contribution in [1.29, 1.82) is 0 Å². The fourth-order valence-electron chi connectivity index (χ4n) is 1.63. The maximum atomic E-state index is 12.7. The van der Waals surface area contributed by atoms with Gasteiger partial charge in [-0.15, -0.1) is 11.3 Å². The van der Waals surface area contributed by atoms with Gasteiger partial charge in [0, 0.05) is 13.8 Å². The zero-order valence-corrected chi connectivity index (χ0v) is 13.3. The molecule has 2 N–H and O–H groups in total. The molecule has 0 aliphatic heterocycles. The van der Waals surface area contributed by atoms with Gasteiger partial charge in [-0.2, -0.15) is 13.2 Å². The first-order chi connectivity index (χ1) is 8.80. The molecule has 0 saturated heterocycles. The van der Waals surface area contributed by atoms with E-state index in [1.165, 1.54) is 17.4 Å². The van der Waals surface area contributed by atoms with E-state index < -0.39 is 17.8 Å². The quantitative estimate of drug-likeness (QED) is 0.705. The van der Waals surface area contributed by atoms with Gasteiger partial charge in [0.1, 0.15) is 0 Å². The van der Waals surface area contributed by atoms with E-state index in [0.29, 0.717) is 10.0 Å². The largest absolute Gasteiger partial charge is 0.416 e. The van der Waals surface area contributed by atoms with E-state index in [-0.39, 0.29) is 0 Å². The minimum absolute atomic E-state index is 0.415. The van der Waals surface area contributed by atoms with Gasteiger partial charge in [0.25, 0.3) is 0 Å². The van der Waals surface area contributed by atoms with Crippen LogP contribution in [-0.2, 0) is 6.18 Å². The van der Waals surface area contributed by atoms with Crippen LogP contribution in [0.1, 0.15) is 22.0 Å². The van der Waals surface area contributed by atoms with Gasteiger partial charge < -0.3 is 5.73 Å². The van der Waals surface area contributed by atoms with E-state index in [4.69, 9.17) is 5.73 Å². The van der Waals surface area contributed by atoms with Crippen LogP contribution in [0.4, 0.5) is 13.2 Å². The second-order valence-corrected chi connectivity index (χ2v) is 6.50. The molecule has 1 nitrogen and oxygen atoms in total. The molecule has 0 aliphatic carbocycles. The molecule has 102 valence electrons. The molecule has 0 amide bonds. The Morgan fingerprint density at radius 3 is 2.32 bits per heavy atom. The number of rotatable bonds is 2. The number of alkyl halides is 3. The molecule has 0 radical (unpaired) electrons. The number of benzene rings is 1. The smallest absolute Gasteiger partial charge is 0.320 e. The highest BCUT2D eigenvalue weighted by atomic mass is 79.9. The monoisotopic (exact) mass is 413 g/mol. The van der Waals surface area contributed by atoms with Crippen molar-refractivity contribution in [3.05, 3.63) is 54.6 Å². The number of nitrogens with two attached hydrogens (primary N) is 1. The minimum atomic E-state index is -4.37. The Morgan fingerprint density at radius 1 is 1.11 bits per heavy atom. The predicted octanol–water partition coefficient (Wildman–Crippen LogP) is 5.34. The van der Waals surface area contributed by atoms with Crippen LogP contribution in [-0.4, -0.2) is 0 Å². The lowest BCUT2D eigenvalue weighted by Gasteiger charge is -2.16. The summed E-state index contributed by atoms with van der Waals surface area (Å²) in [6.07, 6.45) is -4.37. The Hall–Kier alpha value is -0.370. The summed E-state index contributed by atoms with van der Waals surface area (Å²) < 4.78 is 39.5. The molecular weight excluding hydrogens is 407 g/mol. The van der Waals surface area contributed by atoms with Gasteiger partial charge in [0.05, 0.1) is 11.6 Å². The van der Waals surface area contributed by atoms with Crippen molar-refractivity contribution in [3.8, 4) is 0 Å². The third-order valence-corrected chi connectivity index (χ3v) is 5.26. The average Bonchev–Trinajstić information content (AvgIpc) is 2.73. The highest BCUT2D eigenvalue weighted by molar-refractivity contribution is 9.10. The van der Waals surface area contributed by atoms with Crippen molar-refractivity contribution in [3.63, 3.8) is 0 Å². The maximum absolute atomic E-state index is 12.7. The van der Waals surface area contributed by atoms with Crippen LogP contribution >= 0.6 is 43.2 Å². The van der Waals surface area contributed by atoms with Crippen molar-refractivity contribution in [2.45, 2.75) is 12.2 Å². The number of thiophene rings is 1. The minimum Gasteiger partial charge on any atom is -0.320 e. The van der Waals surface area contributed by atoms with Crippen molar-refractivity contribution < 1.29 is 13.2 Å². The summed E-state index contributed by atoms with van der Waals surface area (Å²) in [5.41, 5.74) is 5.77. The van der Waals surface area contributed by atoms with Gasteiger partial charge in [0.2, 0.25) is 0 Å². The van der Waals surface area contributed by atoms with Gasteiger partial charge in [0.15, 0.2) is 0 Å². The van der Waals surface area contributed by atoms with Crippen LogP contribution in [0.15, 0.2) is 38.6 Å². The van der Waals surface area contributed by atoms with Gasteiger partial charge in [-0.25, -0.2) is 0 Å².